The Morgan fingerprint density at radius 1 is 1.15 bits per heavy atom. The highest BCUT2D eigenvalue weighted by atomic mass is 16.3. The zero-order chi connectivity index (χ0) is 18.6. The van der Waals surface area contributed by atoms with E-state index in [1.807, 2.05) is 47.4 Å². The first-order valence-corrected chi connectivity index (χ1v) is 9.14. The van der Waals surface area contributed by atoms with Crippen LogP contribution in [0.25, 0.3) is 22.9 Å². The molecule has 1 aliphatic heterocycles. The highest BCUT2D eigenvalue weighted by molar-refractivity contribution is 5.95. The Kier molecular flexibility index (Phi) is 4.93. The van der Waals surface area contributed by atoms with Crippen molar-refractivity contribution >= 4 is 11.6 Å². The lowest BCUT2D eigenvalue weighted by molar-refractivity contribution is -0.117. The Labute approximate surface area is 157 Å². The van der Waals surface area contributed by atoms with Crippen molar-refractivity contribution in [3.05, 3.63) is 48.7 Å². The summed E-state index contributed by atoms with van der Waals surface area (Å²) < 4.78 is 1.80. The van der Waals surface area contributed by atoms with Crippen LogP contribution in [0.4, 0.5) is 5.69 Å². The van der Waals surface area contributed by atoms with Crippen LogP contribution in [0.5, 0.6) is 0 Å². The molecule has 1 aromatic carbocycles. The largest absolute Gasteiger partial charge is 0.396 e. The molecular weight excluding hydrogens is 342 g/mol. The maximum absolute atomic E-state index is 12.1. The van der Waals surface area contributed by atoms with Crippen LogP contribution in [-0.2, 0) is 11.3 Å². The quantitative estimate of drug-likeness (QED) is 0.727. The second-order valence-corrected chi connectivity index (χ2v) is 6.47. The van der Waals surface area contributed by atoms with Gasteiger partial charge in [0.1, 0.15) is 5.69 Å². The van der Waals surface area contributed by atoms with Crippen molar-refractivity contribution in [2.75, 3.05) is 18.1 Å². The number of pyridine rings is 1. The summed E-state index contributed by atoms with van der Waals surface area (Å²) in [5, 5.41) is 13.8. The fraction of sp³-hybridized carbons (Fsp3) is 0.300. The normalized spacial score (nSPS) is 14.1. The van der Waals surface area contributed by atoms with Crippen molar-refractivity contribution in [1.82, 2.24) is 19.7 Å². The predicted octanol–water partition coefficient (Wildman–Crippen LogP) is 2.52. The third-order valence-corrected chi connectivity index (χ3v) is 4.58. The molecule has 0 unspecified atom stereocenters. The van der Waals surface area contributed by atoms with Gasteiger partial charge in [-0.15, -0.1) is 5.10 Å². The summed E-state index contributed by atoms with van der Waals surface area (Å²) >= 11 is 0. The van der Waals surface area contributed by atoms with E-state index >= 15 is 0 Å². The Balaban J connectivity index is 1.73. The summed E-state index contributed by atoms with van der Waals surface area (Å²) in [6, 6.07) is 13.4. The van der Waals surface area contributed by atoms with Crippen molar-refractivity contribution in [3.63, 3.8) is 0 Å². The highest BCUT2D eigenvalue weighted by Gasteiger charge is 2.22. The number of aromatic nitrogens is 4. The van der Waals surface area contributed by atoms with Gasteiger partial charge in [0, 0.05) is 43.6 Å². The number of aliphatic hydroxyl groups excluding tert-OH is 1. The van der Waals surface area contributed by atoms with E-state index in [1.54, 1.807) is 10.9 Å². The van der Waals surface area contributed by atoms with Crippen LogP contribution < -0.4 is 4.90 Å². The monoisotopic (exact) mass is 363 g/mol. The zero-order valence-electron chi connectivity index (χ0n) is 15.0. The molecule has 1 N–H and O–H groups in total. The number of benzene rings is 1. The standard InChI is InChI=1S/C20H21N5O2/c26-13-5-12-25-20(22-19(23-25)17-8-1-2-10-21-17)15-6-3-7-16(14-15)24-11-4-9-18(24)27/h1-3,6-8,10,14,26H,4-5,9,11-13H2. The SMILES string of the molecule is O=C1CCCN1c1cccc(-c2nc(-c3ccccn3)nn2CCCO)c1. The van der Waals surface area contributed by atoms with Crippen LogP contribution in [0.15, 0.2) is 48.7 Å². The maximum atomic E-state index is 12.1. The molecule has 1 aliphatic rings. The molecule has 27 heavy (non-hydrogen) atoms. The minimum Gasteiger partial charge on any atom is -0.396 e. The van der Waals surface area contributed by atoms with E-state index in [1.165, 1.54) is 0 Å². The highest BCUT2D eigenvalue weighted by Crippen LogP contribution is 2.28. The first-order chi connectivity index (χ1) is 13.3. The van der Waals surface area contributed by atoms with Gasteiger partial charge in [-0.2, -0.15) is 0 Å². The molecule has 0 bridgehead atoms. The van der Waals surface area contributed by atoms with Crippen molar-refractivity contribution in [2.45, 2.75) is 25.8 Å². The second kappa shape index (κ2) is 7.67. The van der Waals surface area contributed by atoms with Crippen molar-refractivity contribution < 1.29 is 9.90 Å². The number of hydrogen-bond acceptors (Lipinski definition) is 5. The third-order valence-electron chi connectivity index (χ3n) is 4.58. The minimum atomic E-state index is 0.0839. The number of aryl methyl sites for hydroxylation is 1. The van der Waals surface area contributed by atoms with Gasteiger partial charge in [0.2, 0.25) is 5.91 Å². The first kappa shape index (κ1) is 17.4. The van der Waals surface area contributed by atoms with Gasteiger partial charge < -0.3 is 10.0 Å². The van der Waals surface area contributed by atoms with E-state index in [-0.39, 0.29) is 12.5 Å². The molecular formula is C20H21N5O2. The van der Waals surface area contributed by atoms with Crippen LogP contribution in [0.3, 0.4) is 0 Å². The van der Waals surface area contributed by atoms with Gasteiger partial charge in [0.05, 0.1) is 0 Å². The van der Waals surface area contributed by atoms with E-state index in [2.05, 4.69) is 10.1 Å². The van der Waals surface area contributed by atoms with Gasteiger partial charge >= 0.3 is 0 Å². The summed E-state index contributed by atoms with van der Waals surface area (Å²) in [7, 11) is 0. The van der Waals surface area contributed by atoms with Crippen molar-refractivity contribution in [1.29, 1.82) is 0 Å². The average molecular weight is 363 g/mol. The molecule has 138 valence electrons. The van der Waals surface area contributed by atoms with Gasteiger partial charge in [-0.1, -0.05) is 18.2 Å². The van der Waals surface area contributed by atoms with Crippen LogP contribution in [0.1, 0.15) is 19.3 Å². The molecule has 3 heterocycles. The Morgan fingerprint density at radius 2 is 2.07 bits per heavy atom. The number of nitrogens with zero attached hydrogens (tertiary/aromatic N) is 5. The summed E-state index contributed by atoms with van der Waals surface area (Å²) in [6.07, 6.45) is 3.78. The number of aliphatic hydroxyl groups is 1. The Bertz CT molecular complexity index is 939. The number of hydrogen-bond donors (Lipinski definition) is 1. The third kappa shape index (κ3) is 3.59. The molecule has 1 amide bonds. The van der Waals surface area contributed by atoms with Crippen LogP contribution in [0, 0.1) is 0 Å². The molecule has 1 fully saturated rings. The van der Waals surface area contributed by atoms with Gasteiger partial charge in [0.15, 0.2) is 11.6 Å². The molecule has 7 nitrogen and oxygen atoms in total. The zero-order valence-corrected chi connectivity index (χ0v) is 15.0. The molecule has 1 saturated heterocycles. The predicted molar refractivity (Wildman–Crippen MR) is 102 cm³/mol. The van der Waals surface area contributed by atoms with Gasteiger partial charge in [-0.05, 0) is 37.1 Å². The smallest absolute Gasteiger partial charge is 0.227 e. The second-order valence-electron chi connectivity index (χ2n) is 6.47. The maximum Gasteiger partial charge on any atom is 0.227 e. The summed E-state index contributed by atoms with van der Waals surface area (Å²) in [5.41, 5.74) is 2.47. The molecule has 2 aromatic heterocycles. The van der Waals surface area contributed by atoms with E-state index in [0.29, 0.717) is 36.7 Å². The fourth-order valence-corrected chi connectivity index (χ4v) is 3.27. The lowest BCUT2D eigenvalue weighted by Crippen LogP contribution is -2.23. The van der Waals surface area contributed by atoms with E-state index in [0.717, 1.165) is 24.2 Å². The average Bonchev–Trinajstić information content (AvgIpc) is 3.33. The van der Waals surface area contributed by atoms with Gasteiger partial charge in [-0.25, -0.2) is 9.67 Å². The fourth-order valence-electron chi connectivity index (χ4n) is 3.27. The molecule has 0 spiro atoms. The van der Waals surface area contributed by atoms with E-state index in [4.69, 9.17) is 4.98 Å². The number of rotatable bonds is 6. The number of carbonyl (C=O) groups excluding carboxylic acids is 1. The lowest BCUT2D eigenvalue weighted by atomic mass is 10.1. The molecule has 0 atom stereocenters. The van der Waals surface area contributed by atoms with E-state index < -0.39 is 0 Å². The number of amides is 1. The first-order valence-electron chi connectivity index (χ1n) is 9.14. The van der Waals surface area contributed by atoms with Crippen LogP contribution in [-0.4, -0.2) is 43.9 Å². The van der Waals surface area contributed by atoms with Crippen molar-refractivity contribution in [3.8, 4) is 22.9 Å². The van der Waals surface area contributed by atoms with Gasteiger partial charge in [-0.3, -0.25) is 9.78 Å². The Hall–Kier alpha value is -3.06. The minimum absolute atomic E-state index is 0.0839. The molecule has 4 rings (SSSR count). The summed E-state index contributed by atoms with van der Waals surface area (Å²) in [6.45, 7) is 1.39. The molecule has 3 aromatic rings. The summed E-state index contributed by atoms with van der Waals surface area (Å²) in [4.78, 5) is 22.9. The van der Waals surface area contributed by atoms with Crippen molar-refractivity contribution in [2.24, 2.45) is 0 Å². The van der Waals surface area contributed by atoms with E-state index in [9.17, 15) is 9.90 Å². The molecule has 7 heteroatoms. The lowest BCUT2D eigenvalue weighted by Gasteiger charge is -2.16. The van der Waals surface area contributed by atoms with Gasteiger partial charge in [0.25, 0.3) is 0 Å². The number of anilines is 1. The van der Waals surface area contributed by atoms with Crippen LogP contribution >= 0.6 is 0 Å². The topological polar surface area (TPSA) is 84.1 Å². The molecule has 0 radical (unpaired) electrons. The van der Waals surface area contributed by atoms with Crippen LogP contribution in [0.2, 0.25) is 0 Å². The molecule has 0 aliphatic carbocycles. The Morgan fingerprint density at radius 3 is 2.81 bits per heavy atom. The number of carbonyl (C=O) groups is 1. The summed E-state index contributed by atoms with van der Waals surface area (Å²) in [5.74, 6) is 1.41. The molecule has 0 saturated carbocycles.